The Hall–Kier alpha value is 0.310. The van der Waals surface area contributed by atoms with Crippen LogP contribution in [0.3, 0.4) is 0 Å². The van der Waals surface area contributed by atoms with Crippen LogP contribution in [0.1, 0.15) is 32.6 Å². The highest BCUT2D eigenvalue weighted by atomic mass is 32.2. The summed E-state index contributed by atoms with van der Waals surface area (Å²) in [6, 6.07) is 0.926. The average Bonchev–Trinajstić information content (AvgIpc) is 2.20. The third-order valence-electron chi connectivity index (χ3n) is 3.58. The van der Waals surface area contributed by atoms with Gasteiger partial charge in [-0.25, -0.2) is 0 Å². The van der Waals surface area contributed by atoms with E-state index in [1.807, 2.05) is 0 Å². The summed E-state index contributed by atoms with van der Waals surface area (Å²) in [5.41, 5.74) is 0. The second-order valence-corrected chi connectivity index (χ2v) is 5.70. The molecule has 0 amide bonds. The van der Waals surface area contributed by atoms with Crippen molar-refractivity contribution < 1.29 is 0 Å². The van der Waals surface area contributed by atoms with E-state index in [1.54, 1.807) is 0 Å². The summed E-state index contributed by atoms with van der Waals surface area (Å²) in [6.45, 7) is 5.14. The van der Waals surface area contributed by atoms with E-state index in [0.717, 1.165) is 12.0 Å². The molecule has 2 rings (SSSR count). The Morgan fingerprint density at radius 2 is 1.77 bits per heavy atom. The first-order valence-corrected chi connectivity index (χ1v) is 6.85. The second kappa shape index (κ2) is 4.70. The number of thioether (sulfide) groups is 1. The number of nitrogens with zero attached hydrogens (tertiary/aromatic N) is 1. The molecule has 1 aliphatic heterocycles. The fraction of sp³-hybridized carbons (Fsp3) is 1.00. The van der Waals surface area contributed by atoms with E-state index in [2.05, 4.69) is 23.6 Å². The molecular weight excluding hydrogens is 178 g/mol. The molecule has 1 nitrogen and oxygen atoms in total. The van der Waals surface area contributed by atoms with Crippen molar-refractivity contribution in [3.05, 3.63) is 0 Å². The van der Waals surface area contributed by atoms with Crippen molar-refractivity contribution >= 4 is 11.8 Å². The SMILES string of the molecule is CC1CCCCC1N1CCSCC1. The van der Waals surface area contributed by atoms with Gasteiger partial charge in [-0.1, -0.05) is 19.8 Å². The molecule has 0 radical (unpaired) electrons. The maximum absolute atomic E-state index is 2.75. The zero-order valence-electron chi connectivity index (χ0n) is 8.67. The number of rotatable bonds is 1. The molecule has 76 valence electrons. The van der Waals surface area contributed by atoms with Crippen molar-refractivity contribution in [2.45, 2.75) is 38.6 Å². The molecule has 2 fully saturated rings. The van der Waals surface area contributed by atoms with Crippen LogP contribution in [-0.4, -0.2) is 35.5 Å². The summed E-state index contributed by atoms with van der Waals surface area (Å²) in [4.78, 5) is 2.75. The fourth-order valence-electron chi connectivity index (χ4n) is 2.75. The molecule has 1 saturated carbocycles. The van der Waals surface area contributed by atoms with Crippen molar-refractivity contribution in [3.8, 4) is 0 Å². The van der Waals surface area contributed by atoms with Crippen LogP contribution < -0.4 is 0 Å². The molecule has 1 aliphatic carbocycles. The molecule has 0 spiro atoms. The minimum Gasteiger partial charge on any atom is -0.298 e. The van der Waals surface area contributed by atoms with Gasteiger partial charge in [-0.05, 0) is 18.8 Å². The topological polar surface area (TPSA) is 3.24 Å². The van der Waals surface area contributed by atoms with Crippen molar-refractivity contribution in [3.63, 3.8) is 0 Å². The van der Waals surface area contributed by atoms with Gasteiger partial charge in [0, 0.05) is 30.6 Å². The maximum Gasteiger partial charge on any atom is 0.0121 e. The van der Waals surface area contributed by atoms with Crippen LogP contribution in [0, 0.1) is 5.92 Å². The van der Waals surface area contributed by atoms with Crippen LogP contribution in [0.5, 0.6) is 0 Å². The van der Waals surface area contributed by atoms with Crippen molar-refractivity contribution in [2.75, 3.05) is 24.6 Å². The first-order valence-electron chi connectivity index (χ1n) is 5.70. The fourth-order valence-corrected chi connectivity index (χ4v) is 3.68. The zero-order chi connectivity index (χ0) is 9.10. The lowest BCUT2D eigenvalue weighted by molar-refractivity contribution is 0.123. The lowest BCUT2D eigenvalue weighted by atomic mass is 9.85. The smallest absolute Gasteiger partial charge is 0.0121 e. The molecule has 0 N–H and O–H groups in total. The molecule has 0 aromatic rings. The van der Waals surface area contributed by atoms with Gasteiger partial charge in [-0.15, -0.1) is 0 Å². The van der Waals surface area contributed by atoms with Gasteiger partial charge < -0.3 is 0 Å². The molecule has 1 heterocycles. The Labute approximate surface area is 86.3 Å². The predicted octanol–water partition coefficient (Wildman–Crippen LogP) is 2.61. The molecule has 2 heteroatoms. The minimum absolute atomic E-state index is 0.926. The molecule has 2 unspecified atom stereocenters. The molecule has 2 aliphatic rings. The van der Waals surface area contributed by atoms with Crippen molar-refractivity contribution in [1.82, 2.24) is 4.90 Å². The monoisotopic (exact) mass is 199 g/mol. The summed E-state index contributed by atoms with van der Waals surface area (Å²) in [5.74, 6) is 3.68. The largest absolute Gasteiger partial charge is 0.298 e. The summed E-state index contributed by atoms with van der Waals surface area (Å²) >= 11 is 2.12. The van der Waals surface area contributed by atoms with Crippen LogP contribution in [0.25, 0.3) is 0 Å². The van der Waals surface area contributed by atoms with E-state index in [0.29, 0.717) is 0 Å². The summed E-state index contributed by atoms with van der Waals surface area (Å²) in [6.07, 6.45) is 5.87. The predicted molar refractivity (Wildman–Crippen MR) is 60.3 cm³/mol. The van der Waals surface area contributed by atoms with Crippen molar-refractivity contribution in [1.29, 1.82) is 0 Å². The summed E-state index contributed by atoms with van der Waals surface area (Å²) < 4.78 is 0. The zero-order valence-corrected chi connectivity index (χ0v) is 9.48. The van der Waals surface area contributed by atoms with Gasteiger partial charge in [0.1, 0.15) is 0 Å². The molecule has 0 bridgehead atoms. The lowest BCUT2D eigenvalue weighted by Gasteiger charge is -2.40. The first-order chi connectivity index (χ1) is 6.38. The maximum atomic E-state index is 2.75. The van der Waals surface area contributed by atoms with E-state index < -0.39 is 0 Å². The quantitative estimate of drug-likeness (QED) is 0.638. The van der Waals surface area contributed by atoms with Crippen LogP contribution in [0.15, 0.2) is 0 Å². The number of hydrogen-bond donors (Lipinski definition) is 0. The molecular formula is C11H21NS. The summed E-state index contributed by atoms with van der Waals surface area (Å²) in [5, 5.41) is 0. The van der Waals surface area contributed by atoms with Crippen LogP contribution in [0.2, 0.25) is 0 Å². The Morgan fingerprint density at radius 3 is 2.46 bits per heavy atom. The molecule has 2 atom stereocenters. The van der Waals surface area contributed by atoms with E-state index in [-0.39, 0.29) is 0 Å². The van der Waals surface area contributed by atoms with E-state index in [9.17, 15) is 0 Å². The van der Waals surface area contributed by atoms with Gasteiger partial charge >= 0.3 is 0 Å². The Kier molecular flexibility index (Phi) is 3.56. The normalized spacial score (nSPS) is 37.6. The highest BCUT2D eigenvalue weighted by molar-refractivity contribution is 7.99. The first kappa shape index (κ1) is 9.85. The lowest BCUT2D eigenvalue weighted by Crippen LogP contribution is -2.45. The summed E-state index contributed by atoms with van der Waals surface area (Å²) in [7, 11) is 0. The van der Waals surface area contributed by atoms with Gasteiger partial charge in [0.25, 0.3) is 0 Å². The minimum atomic E-state index is 0.926. The second-order valence-electron chi connectivity index (χ2n) is 4.48. The third-order valence-corrected chi connectivity index (χ3v) is 4.52. The molecule has 0 aromatic carbocycles. The Balaban J connectivity index is 1.88. The van der Waals surface area contributed by atoms with Crippen molar-refractivity contribution in [2.24, 2.45) is 5.92 Å². The van der Waals surface area contributed by atoms with Gasteiger partial charge in [-0.2, -0.15) is 11.8 Å². The van der Waals surface area contributed by atoms with Crippen LogP contribution in [0.4, 0.5) is 0 Å². The van der Waals surface area contributed by atoms with Gasteiger partial charge in [0.05, 0.1) is 0 Å². The highest BCUT2D eigenvalue weighted by Crippen LogP contribution is 2.29. The Bertz CT molecular complexity index is 154. The Morgan fingerprint density at radius 1 is 1.08 bits per heavy atom. The van der Waals surface area contributed by atoms with E-state index in [4.69, 9.17) is 0 Å². The number of hydrogen-bond acceptors (Lipinski definition) is 2. The highest BCUT2D eigenvalue weighted by Gasteiger charge is 2.27. The van der Waals surface area contributed by atoms with Crippen LogP contribution in [-0.2, 0) is 0 Å². The third kappa shape index (κ3) is 2.41. The standard InChI is InChI=1S/C11H21NS/c1-10-4-2-3-5-11(10)12-6-8-13-9-7-12/h10-11H,2-9H2,1H3. The van der Waals surface area contributed by atoms with E-state index in [1.165, 1.54) is 50.3 Å². The van der Waals surface area contributed by atoms with Gasteiger partial charge in [0.2, 0.25) is 0 Å². The molecule has 0 aromatic heterocycles. The van der Waals surface area contributed by atoms with Gasteiger partial charge in [-0.3, -0.25) is 4.90 Å². The van der Waals surface area contributed by atoms with Crippen LogP contribution >= 0.6 is 11.8 Å². The molecule has 1 saturated heterocycles. The average molecular weight is 199 g/mol. The molecule has 13 heavy (non-hydrogen) atoms. The van der Waals surface area contributed by atoms with Gasteiger partial charge in [0.15, 0.2) is 0 Å². The van der Waals surface area contributed by atoms with E-state index >= 15 is 0 Å².